The van der Waals surface area contributed by atoms with Crippen LogP contribution in [0.1, 0.15) is 24.5 Å². The Morgan fingerprint density at radius 2 is 1.75 bits per heavy atom. The molecule has 1 nitrogen and oxygen atoms in total. The molecule has 0 saturated heterocycles. The van der Waals surface area contributed by atoms with Crippen LogP contribution in [0.5, 0.6) is 0 Å². The summed E-state index contributed by atoms with van der Waals surface area (Å²) in [5.74, 6) is 0. The Morgan fingerprint density at radius 1 is 1.06 bits per heavy atom. The molecule has 0 spiro atoms. The van der Waals surface area contributed by atoms with Crippen LogP contribution in [0.4, 0.5) is 0 Å². The van der Waals surface area contributed by atoms with Crippen LogP contribution in [0, 0.1) is 11.3 Å². The highest BCUT2D eigenvalue weighted by atomic mass is 14.3. The van der Waals surface area contributed by atoms with E-state index in [9.17, 15) is 5.26 Å². The second-order valence-corrected chi connectivity index (χ2v) is 4.03. The molecule has 1 aliphatic rings. The molecule has 1 heteroatoms. The Labute approximate surface area is 94.6 Å². The summed E-state index contributed by atoms with van der Waals surface area (Å²) >= 11 is 0. The van der Waals surface area contributed by atoms with E-state index in [0.717, 1.165) is 17.6 Å². The van der Waals surface area contributed by atoms with Gasteiger partial charge < -0.3 is 0 Å². The summed E-state index contributed by atoms with van der Waals surface area (Å²) in [6.07, 6.45) is 0.913. The molecule has 0 aliphatic heterocycles. The van der Waals surface area contributed by atoms with E-state index in [-0.39, 0.29) is 0 Å². The fourth-order valence-corrected chi connectivity index (χ4v) is 2.59. The van der Waals surface area contributed by atoms with E-state index in [1.165, 1.54) is 21.9 Å². The minimum absolute atomic E-state index is 0.856. The summed E-state index contributed by atoms with van der Waals surface area (Å²) in [5.41, 5.74) is 4.39. The van der Waals surface area contributed by atoms with E-state index < -0.39 is 0 Å². The Balaban J connectivity index is 2.51. The van der Waals surface area contributed by atoms with Crippen LogP contribution in [0.2, 0.25) is 0 Å². The summed E-state index contributed by atoms with van der Waals surface area (Å²) in [7, 11) is 0. The van der Waals surface area contributed by atoms with E-state index in [1.807, 2.05) is 12.1 Å². The lowest BCUT2D eigenvalue weighted by Gasteiger charge is -2.02. The van der Waals surface area contributed by atoms with Gasteiger partial charge in [0.15, 0.2) is 0 Å². The first-order valence-electron chi connectivity index (χ1n) is 5.52. The molecule has 1 aliphatic carbocycles. The molecule has 0 bridgehead atoms. The van der Waals surface area contributed by atoms with E-state index in [1.54, 1.807) is 0 Å². The van der Waals surface area contributed by atoms with Crippen molar-refractivity contribution in [3.63, 3.8) is 0 Å². The average molecular weight is 205 g/mol. The lowest BCUT2D eigenvalue weighted by Crippen LogP contribution is -1.79. The quantitative estimate of drug-likeness (QED) is 0.690. The van der Waals surface area contributed by atoms with Crippen LogP contribution in [0.3, 0.4) is 0 Å². The van der Waals surface area contributed by atoms with Gasteiger partial charge in [-0.2, -0.15) is 5.26 Å². The highest BCUT2D eigenvalue weighted by molar-refractivity contribution is 6.16. The van der Waals surface area contributed by atoms with Crippen molar-refractivity contribution in [3.05, 3.63) is 47.5 Å². The highest BCUT2D eigenvalue weighted by Gasteiger charge is 2.22. The maximum Gasteiger partial charge on any atom is 0.100 e. The fraction of sp³-hybridized carbons (Fsp3) is 0.133. The van der Waals surface area contributed by atoms with Gasteiger partial charge in [0.05, 0.1) is 5.57 Å². The van der Waals surface area contributed by atoms with E-state index in [4.69, 9.17) is 0 Å². The van der Waals surface area contributed by atoms with Gasteiger partial charge in [-0.25, -0.2) is 0 Å². The van der Waals surface area contributed by atoms with Gasteiger partial charge in [0.25, 0.3) is 0 Å². The standard InChI is InChI=1S/C15H11N/c1-2-11-12-7-3-5-10-6-4-8-13(15(10)12)14(11)9-16/h3-8H,2H2,1H3. The molecule has 3 rings (SSSR count). The van der Waals surface area contributed by atoms with Crippen LogP contribution in [-0.4, -0.2) is 0 Å². The Bertz CT molecular complexity index is 651. The normalized spacial score (nSPS) is 13.2. The maximum atomic E-state index is 9.28. The number of nitrogens with zero attached hydrogens (tertiary/aromatic N) is 1. The van der Waals surface area contributed by atoms with Crippen LogP contribution >= 0.6 is 0 Å². The van der Waals surface area contributed by atoms with Crippen molar-refractivity contribution in [2.75, 3.05) is 0 Å². The van der Waals surface area contributed by atoms with Gasteiger partial charge >= 0.3 is 0 Å². The van der Waals surface area contributed by atoms with Gasteiger partial charge in [0.2, 0.25) is 0 Å². The largest absolute Gasteiger partial charge is 0.192 e. The molecule has 16 heavy (non-hydrogen) atoms. The smallest absolute Gasteiger partial charge is 0.100 e. The van der Waals surface area contributed by atoms with Gasteiger partial charge in [-0.05, 0) is 28.3 Å². The molecule has 0 aromatic heterocycles. The maximum absolute atomic E-state index is 9.28. The average Bonchev–Trinajstić information content (AvgIpc) is 2.65. The van der Waals surface area contributed by atoms with Gasteiger partial charge in [-0.15, -0.1) is 0 Å². The van der Waals surface area contributed by atoms with Crippen molar-refractivity contribution in [2.24, 2.45) is 0 Å². The van der Waals surface area contributed by atoms with Crippen LogP contribution < -0.4 is 0 Å². The third-order valence-electron chi connectivity index (χ3n) is 3.27. The minimum atomic E-state index is 0.856. The SMILES string of the molecule is CCC1=C(C#N)c2cccc3cccc1c23. The molecule has 2 aromatic rings. The molecule has 0 N–H and O–H groups in total. The summed E-state index contributed by atoms with van der Waals surface area (Å²) in [6, 6.07) is 14.8. The zero-order chi connectivity index (χ0) is 11.1. The van der Waals surface area contributed by atoms with Crippen molar-refractivity contribution in [3.8, 4) is 6.07 Å². The molecule has 0 fully saturated rings. The van der Waals surface area contributed by atoms with Crippen LogP contribution in [0.25, 0.3) is 21.9 Å². The number of nitriles is 1. The Kier molecular flexibility index (Phi) is 1.84. The molecule has 0 atom stereocenters. The minimum Gasteiger partial charge on any atom is -0.192 e. The predicted molar refractivity (Wildman–Crippen MR) is 66.7 cm³/mol. The summed E-state index contributed by atoms with van der Waals surface area (Å²) in [5, 5.41) is 11.8. The molecule has 0 radical (unpaired) electrons. The summed E-state index contributed by atoms with van der Waals surface area (Å²) in [4.78, 5) is 0. The molecule has 0 heterocycles. The monoisotopic (exact) mass is 205 g/mol. The van der Waals surface area contributed by atoms with Crippen molar-refractivity contribution in [1.82, 2.24) is 0 Å². The molecule has 2 aromatic carbocycles. The molecule has 76 valence electrons. The van der Waals surface area contributed by atoms with Crippen LogP contribution in [0.15, 0.2) is 36.4 Å². The Morgan fingerprint density at radius 3 is 2.38 bits per heavy atom. The highest BCUT2D eigenvalue weighted by Crippen LogP contribution is 2.42. The lowest BCUT2D eigenvalue weighted by atomic mass is 10.0. The van der Waals surface area contributed by atoms with Gasteiger partial charge in [-0.1, -0.05) is 43.3 Å². The first-order chi connectivity index (χ1) is 7.86. The third-order valence-corrected chi connectivity index (χ3v) is 3.27. The zero-order valence-corrected chi connectivity index (χ0v) is 9.12. The molecule has 0 unspecified atom stereocenters. The zero-order valence-electron chi connectivity index (χ0n) is 9.12. The first-order valence-corrected chi connectivity index (χ1v) is 5.52. The topological polar surface area (TPSA) is 23.8 Å². The summed E-state index contributed by atoms with van der Waals surface area (Å²) in [6.45, 7) is 2.11. The first kappa shape index (κ1) is 9.18. The van der Waals surface area contributed by atoms with Crippen LogP contribution in [-0.2, 0) is 0 Å². The van der Waals surface area contributed by atoms with Crippen molar-refractivity contribution < 1.29 is 0 Å². The number of hydrogen-bond acceptors (Lipinski definition) is 1. The number of allylic oxidation sites excluding steroid dienone is 2. The van der Waals surface area contributed by atoms with Gasteiger partial charge in [0, 0.05) is 5.56 Å². The molecule has 0 saturated carbocycles. The molecule has 0 amide bonds. The van der Waals surface area contributed by atoms with Gasteiger partial charge in [-0.3, -0.25) is 0 Å². The molecular formula is C15H11N. The lowest BCUT2D eigenvalue weighted by molar-refractivity contribution is 1.25. The van der Waals surface area contributed by atoms with Crippen molar-refractivity contribution >= 4 is 21.9 Å². The van der Waals surface area contributed by atoms with Gasteiger partial charge in [0.1, 0.15) is 6.07 Å². The van der Waals surface area contributed by atoms with Crippen molar-refractivity contribution in [2.45, 2.75) is 13.3 Å². The second-order valence-electron chi connectivity index (χ2n) is 4.03. The fourth-order valence-electron chi connectivity index (χ4n) is 2.59. The molecular weight excluding hydrogens is 194 g/mol. The van der Waals surface area contributed by atoms with Crippen molar-refractivity contribution in [1.29, 1.82) is 5.26 Å². The van der Waals surface area contributed by atoms with E-state index in [0.29, 0.717) is 0 Å². The Hall–Kier alpha value is -2.07. The second kappa shape index (κ2) is 3.21. The number of hydrogen-bond donors (Lipinski definition) is 0. The summed E-state index contributed by atoms with van der Waals surface area (Å²) < 4.78 is 0. The number of rotatable bonds is 1. The number of benzene rings is 2. The van der Waals surface area contributed by atoms with E-state index >= 15 is 0 Å². The van der Waals surface area contributed by atoms with E-state index in [2.05, 4.69) is 37.3 Å². The predicted octanol–water partition coefficient (Wildman–Crippen LogP) is 4.00. The third kappa shape index (κ3) is 0.991.